The van der Waals surface area contributed by atoms with Crippen molar-refractivity contribution in [2.45, 2.75) is 101 Å². The number of hydrogen-bond acceptors (Lipinski definition) is 0. The van der Waals surface area contributed by atoms with Gasteiger partial charge in [-0.05, 0) is 109 Å². The summed E-state index contributed by atoms with van der Waals surface area (Å²) < 4.78 is 0. The van der Waals surface area contributed by atoms with Crippen LogP contribution in [0.4, 0.5) is 0 Å². The molecular weight excluding hydrogens is 468 g/mol. The number of fused-ring (bicyclic) bond motifs is 3. The SMILES string of the molecule is C=C(/C=C/c1ccc2c(c1C)C(=C)C1=C(C)[C@@]3(C)C(=C)C(C(=C)C)=C(C)C[C@@]3(C)[C@H](C)[C@@]1(C)[C@@H]2C)CCCC. The van der Waals surface area contributed by atoms with Gasteiger partial charge < -0.3 is 0 Å². The summed E-state index contributed by atoms with van der Waals surface area (Å²) in [7, 11) is 0. The molecule has 0 fully saturated rings. The van der Waals surface area contributed by atoms with Gasteiger partial charge in [0, 0.05) is 10.8 Å². The molecular formula is C39H52. The molecule has 0 radical (unpaired) electrons. The molecule has 0 nitrogen and oxygen atoms in total. The summed E-state index contributed by atoms with van der Waals surface area (Å²) in [6.45, 7) is 42.2. The fraction of sp³-hybridized carbons (Fsp3) is 0.487. The highest BCUT2D eigenvalue weighted by atomic mass is 14.7. The van der Waals surface area contributed by atoms with Crippen molar-refractivity contribution in [3.63, 3.8) is 0 Å². The van der Waals surface area contributed by atoms with Gasteiger partial charge in [0.2, 0.25) is 0 Å². The Morgan fingerprint density at radius 2 is 1.69 bits per heavy atom. The van der Waals surface area contributed by atoms with Crippen molar-refractivity contribution in [1.82, 2.24) is 0 Å². The molecule has 0 N–H and O–H groups in total. The minimum atomic E-state index is -0.155. The van der Waals surface area contributed by atoms with Crippen LogP contribution in [0, 0.1) is 29.1 Å². The molecule has 3 aliphatic rings. The normalized spacial score (nSPS) is 32.4. The van der Waals surface area contributed by atoms with Crippen molar-refractivity contribution in [3.05, 3.63) is 106 Å². The number of hydrogen-bond donors (Lipinski definition) is 0. The Bertz CT molecular complexity index is 1380. The van der Waals surface area contributed by atoms with Crippen LogP contribution >= 0.6 is 0 Å². The van der Waals surface area contributed by atoms with E-state index in [2.05, 4.69) is 107 Å². The lowest BCUT2D eigenvalue weighted by molar-refractivity contribution is -0.0260. The molecule has 0 spiro atoms. The Morgan fingerprint density at radius 1 is 1.05 bits per heavy atom. The standard InChI is InChI=1S/C39H52/c1-15-16-17-24(4)18-19-32-20-21-33-28(8)38(13)31(11)37(12)22-25(5)34(23(2)3)29(9)39(37,14)30(10)36(38)27(7)35(33)26(32)6/h18-21,28,31H,2,4,7,9,15-17,22H2,1,3,5-6,8,10-14H3/b19-18+/t28-,31+,37+,38-,39-/m1/s1. The summed E-state index contributed by atoms with van der Waals surface area (Å²) in [5.41, 5.74) is 15.7. The Balaban J connectivity index is 1.95. The van der Waals surface area contributed by atoms with Crippen molar-refractivity contribution >= 4 is 11.6 Å². The predicted octanol–water partition coefficient (Wildman–Crippen LogP) is 11.7. The van der Waals surface area contributed by atoms with E-state index >= 15 is 0 Å². The monoisotopic (exact) mass is 520 g/mol. The highest BCUT2D eigenvalue weighted by molar-refractivity contribution is 5.88. The molecule has 3 aliphatic carbocycles. The van der Waals surface area contributed by atoms with Crippen LogP contribution in [0.15, 0.2) is 83.5 Å². The first-order valence-electron chi connectivity index (χ1n) is 15.1. The Kier molecular flexibility index (Phi) is 7.38. The Morgan fingerprint density at radius 3 is 2.28 bits per heavy atom. The predicted molar refractivity (Wildman–Crippen MR) is 174 cm³/mol. The first kappa shape index (κ1) is 29.4. The fourth-order valence-corrected chi connectivity index (χ4v) is 9.04. The van der Waals surface area contributed by atoms with Gasteiger partial charge >= 0.3 is 0 Å². The van der Waals surface area contributed by atoms with Gasteiger partial charge in [-0.3, -0.25) is 0 Å². The number of benzene rings is 1. The van der Waals surface area contributed by atoms with E-state index in [9.17, 15) is 0 Å². The molecule has 0 saturated carbocycles. The quantitative estimate of drug-likeness (QED) is 0.327. The van der Waals surface area contributed by atoms with Crippen molar-refractivity contribution in [1.29, 1.82) is 0 Å². The van der Waals surface area contributed by atoms with Crippen molar-refractivity contribution in [2.75, 3.05) is 0 Å². The lowest BCUT2D eigenvalue weighted by Gasteiger charge is -2.67. The van der Waals surface area contributed by atoms with Gasteiger partial charge in [-0.25, -0.2) is 0 Å². The topological polar surface area (TPSA) is 0 Å². The molecule has 0 aliphatic heterocycles. The first-order chi connectivity index (χ1) is 18.1. The number of unbranched alkanes of at least 4 members (excludes halogenated alkanes) is 1. The second-order valence-corrected chi connectivity index (χ2v) is 13.7. The third-order valence-electron chi connectivity index (χ3n) is 11.9. The molecule has 1 aromatic carbocycles. The highest BCUT2D eigenvalue weighted by Gasteiger charge is 2.64. The maximum atomic E-state index is 4.87. The summed E-state index contributed by atoms with van der Waals surface area (Å²) in [6.07, 6.45) is 8.99. The molecule has 0 heterocycles. The van der Waals surface area contributed by atoms with E-state index in [1.54, 1.807) is 0 Å². The maximum absolute atomic E-state index is 4.87. The van der Waals surface area contributed by atoms with Crippen LogP contribution in [0.5, 0.6) is 0 Å². The van der Waals surface area contributed by atoms with E-state index in [0.29, 0.717) is 11.8 Å². The van der Waals surface area contributed by atoms with Crippen LogP contribution in [-0.4, -0.2) is 0 Å². The van der Waals surface area contributed by atoms with Gasteiger partial charge in [-0.2, -0.15) is 0 Å². The van der Waals surface area contributed by atoms with Gasteiger partial charge in [0.05, 0.1) is 0 Å². The molecule has 0 saturated heterocycles. The lowest BCUT2D eigenvalue weighted by atomic mass is 9.37. The molecule has 0 bridgehead atoms. The molecule has 1 aromatic rings. The minimum Gasteiger partial charge on any atom is -0.0958 e. The number of allylic oxidation sites excluding steroid dienone is 9. The van der Waals surface area contributed by atoms with Crippen LogP contribution in [0.25, 0.3) is 11.6 Å². The summed E-state index contributed by atoms with van der Waals surface area (Å²) in [5.74, 6) is 0.824. The zero-order chi connectivity index (χ0) is 29.2. The molecule has 4 rings (SSSR count). The second kappa shape index (κ2) is 9.79. The summed E-state index contributed by atoms with van der Waals surface area (Å²) in [4.78, 5) is 0. The largest absolute Gasteiger partial charge is 0.0958 e. The summed E-state index contributed by atoms with van der Waals surface area (Å²) >= 11 is 0. The fourth-order valence-electron chi connectivity index (χ4n) is 9.04. The van der Waals surface area contributed by atoms with Gasteiger partial charge in [-0.1, -0.05) is 121 Å². The van der Waals surface area contributed by atoms with Gasteiger partial charge in [-0.15, -0.1) is 0 Å². The van der Waals surface area contributed by atoms with E-state index in [1.807, 2.05) is 0 Å². The van der Waals surface area contributed by atoms with Crippen LogP contribution in [0.2, 0.25) is 0 Å². The zero-order valence-electron chi connectivity index (χ0n) is 26.6. The van der Waals surface area contributed by atoms with Crippen LogP contribution in [0.3, 0.4) is 0 Å². The average molecular weight is 521 g/mol. The molecule has 208 valence electrons. The second-order valence-electron chi connectivity index (χ2n) is 13.7. The molecule has 0 heteroatoms. The van der Waals surface area contributed by atoms with Gasteiger partial charge in [0.25, 0.3) is 0 Å². The van der Waals surface area contributed by atoms with Crippen molar-refractivity contribution < 1.29 is 0 Å². The Labute approximate surface area is 240 Å². The smallest absolute Gasteiger partial charge is 0.0196 e. The van der Waals surface area contributed by atoms with E-state index in [-0.39, 0.29) is 16.2 Å². The van der Waals surface area contributed by atoms with Gasteiger partial charge in [0.15, 0.2) is 0 Å². The van der Waals surface area contributed by atoms with E-state index in [4.69, 9.17) is 13.2 Å². The molecule has 0 unspecified atom stereocenters. The zero-order valence-corrected chi connectivity index (χ0v) is 26.6. The molecule has 0 aromatic heterocycles. The van der Waals surface area contributed by atoms with E-state index in [1.165, 1.54) is 74.1 Å². The number of rotatable bonds is 6. The van der Waals surface area contributed by atoms with E-state index in [0.717, 1.165) is 18.4 Å². The summed E-state index contributed by atoms with van der Waals surface area (Å²) in [5, 5.41) is 0. The maximum Gasteiger partial charge on any atom is 0.0196 e. The summed E-state index contributed by atoms with van der Waals surface area (Å²) in [6, 6.07) is 4.71. The van der Waals surface area contributed by atoms with Crippen LogP contribution in [0.1, 0.15) is 116 Å². The van der Waals surface area contributed by atoms with Crippen LogP contribution < -0.4 is 0 Å². The Hall–Kier alpha value is -2.60. The lowest BCUT2D eigenvalue weighted by Crippen LogP contribution is -2.58. The van der Waals surface area contributed by atoms with Crippen molar-refractivity contribution in [2.24, 2.45) is 22.2 Å². The molecule has 5 atom stereocenters. The van der Waals surface area contributed by atoms with Crippen molar-refractivity contribution in [3.8, 4) is 0 Å². The van der Waals surface area contributed by atoms with Crippen LogP contribution in [-0.2, 0) is 0 Å². The minimum absolute atomic E-state index is 0.0120. The average Bonchev–Trinajstić information content (AvgIpc) is 2.86. The highest BCUT2D eigenvalue weighted by Crippen LogP contribution is 2.74. The van der Waals surface area contributed by atoms with Gasteiger partial charge in [0.1, 0.15) is 0 Å². The molecule has 0 amide bonds. The first-order valence-corrected chi connectivity index (χ1v) is 15.1. The third-order valence-corrected chi connectivity index (χ3v) is 11.9. The molecule has 39 heavy (non-hydrogen) atoms. The third kappa shape index (κ3) is 3.84. The van der Waals surface area contributed by atoms with E-state index < -0.39 is 0 Å².